The van der Waals surface area contributed by atoms with E-state index in [1.54, 1.807) is 12.1 Å². The molecule has 35 heavy (non-hydrogen) atoms. The Labute approximate surface area is 207 Å². The number of amides is 3. The lowest BCUT2D eigenvalue weighted by Crippen LogP contribution is -2.53. The molecule has 2 aliphatic heterocycles. The van der Waals surface area contributed by atoms with Crippen LogP contribution >= 0.6 is 11.9 Å². The van der Waals surface area contributed by atoms with E-state index in [4.69, 9.17) is 0 Å². The van der Waals surface area contributed by atoms with Crippen LogP contribution in [0.15, 0.2) is 30.3 Å². The van der Waals surface area contributed by atoms with Gasteiger partial charge in [0.05, 0.1) is 6.54 Å². The molecule has 0 unspecified atom stereocenters. The Bertz CT molecular complexity index is 1120. The molecule has 3 amide bonds. The number of rotatable bonds is 5. The van der Waals surface area contributed by atoms with E-state index < -0.39 is 29.0 Å². The van der Waals surface area contributed by atoms with Gasteiger partial charge in [0.1, 0.15) is 5.54 Å². The number of carbonyl (C=O) groups is 2. The molecule has 0 saturated carbocycles. The van der Waals surface area contributed by atoms with E-state index in [0.29, 0.717) is 24.7 Å². The first-order valence-electron chi connectivity index (χ1n) is 11.5. The van der Waals surface area contributed by atoms with Crippen LogP contribution in [0.3, 0.4) is 0 Å². The highest BCUT2D eigenvalue weighted by Gasteiger charge is 2.34. The minimum Gasteiger partial charge on any atom is -0.341 e. The number of piperidine rings is 1. The minimum absolute atomic E-state index is 0.00633. The first kappa shape index (κ1) is 25.4. The predicted octanol–water partition coefficient (Wildman–Crippen LogP) is 5.00. The first-order valence-corrected chi connectivity index (χ1v) is 12.7. The monoisotopic (exact) mass is 506 g/mol. The highest BCUT2D eigenvalue weighted by Crippen LogP contribution is 2.31. The summed E-state index contributed by atoms with van der Waals surface area (Å²) in [6.45, 7) is 5.04. The zero-order chi connectivity index (χ0) is 25.3. The molecule has 2 heterocycles. The van der Waals surface area contributed by atoms with E-state index in [1.807, 2.05) is 37.1 Å². The molecule has 10 heteroatoms. The van der Waals surface area contributed by atoms with Crippen LogP contribution in [0.5, 0.6) is 0 Å². The molecule has 2 N–H and O–H groups in total. The smallest absolute Gasteiger partial charge is 0.322 e. The van der Waals surface area contributed by atoms with Crippen molar-refractivity contribution < 1.29 is 22.8 Å². The van der Waals surface area contributed by atoms with Gasteiger partial charge in [-0.15, -0.1) is 0 Å². The molecule has 0 atom stereocenters. The molecule has 2 aliphatic rings. The number of hydrogen-bond acceptors (Lipinski definition) is 4. The quantitative estimate of drug-likeness (QED) is 0.442. The molecule has 1 fully saturated rings. The lowest BCUT2D eigenvalue weighted by atomic mass is 9.88. The number of likely N-dealkylation sites (tertiary alicyclic amines) is 1. The van der Waals surface area contributed by atoms with E-state index in [9.17, 15) is 22.8 Å². The highest BCUT2D eigenvalue weighted by atomic mass is 32.2. The van der Waals surface area contributed by atoms with E-state index in [0.717, 1.165) is 24.5 Å². The number of halogens is 3. The third-order valence-electron chi connectivity index (χ3n) is 6.66. The summed E-state index contributed by atoms with van der Waals surface area (Å²) in [5, 5.41) is 2.76. The molecule has 2 aromatic rings. The average molecular weight is 507 g/mol. The summed E-state index contributed by atoms with van der Waals surface area (Å²) < 4.78 is 44.2. The van der Waals surface area contributed by atoms with E-state index >= 15 is 0 Å². The van der Waals surface area contributed by atoms with Gasteiger partial charge < -0.3 is 15.1 Å². The fourth-order valence-electron chi connectivity index (χ4n) is 4.74. The predicted molar refractivity (Wildman–Crippen MR) is 130 cm³/mol. The Kier molecular flexibility index (Phi) is 7.32. The van der Waals surface area contributed by atoms with Gasteiger partial charge in [-0.05, 0) is 68.2 Å². The second-order valence-corrected chi connectivity index (χ2v) is 10.1. The molecule has 0 spiro atoms. The van der Waals surface area contributed by atoms with Crippen molar-refractivity contribution in [2.75, 3.05) is 24.7 Å². The van der Waals surface area contributed by atoms with Crippen molar-refractivity contribution in [2.24, 2.45) is 0 Å². The Balaban J connectivity index is 1.32. The lowest BCUT2D eigenvalue weighted by Gasteiger charge is -2.37. The maximum atomic E-state index is 14.0. The normalized spacial score (nSPS) is 16.4. The number of nitrogens with one attached hydrogen (secondary N) is 2. The van der Waals surface area contributed by atoms with Gasteiger partial charge in [-0.3, -0.25) is 4.79 Å². The van der Waals surface area contributed by atoms with Crippen molar-refractivity contribution in [3.8, 4) is 0 Å². The summed E-state index contributed by atoms with van der Waals surface area (Å²) in [6, 6.07) is 8.00. The van der Waals surface area contributed by atoms with Gasteiger partial charge in [0.25, 0.3) is 0 Å². The number of fused-ring (bicyclic) bond motifs is 1. The topological polar surface area (TPSA) is 64.7 Å². The molecule has 4 rings (SSSR count). The van der Waals surface area contributed by atoms with Crippen molar-refractivity contribution in [3.05, 3.63) is 64.5 Å². The van der Waals surface area contributed by atoms with E-state index in [2.05, 4.69) is 10.0 Å². The van der Waals surface area contributed by atoms with Gasteiger partial charge in [-0.2, -0.15) is 0 Å². The number of carbonyl (C=O) groups excluding carboxylic acids is 2. The zero-order valence-electron chi connectivity index (χ0n) is 20.0. The van der Waals surface area contributed by atoms with Crippen molar-refractivity contribution >= 4 is 29.6 Å². The fourth-order valence-corrected chi connectivity index (χ4v) is 5.34. The Morgan fingerprint density at radius 3 is 2.29 bits per heavy atom. The largest absolute Gasteiger partial charge is 0.341 e. The van der Waals surface area contributed by atoms with Gasteiger partial charge in [0.2, 0.25) is 5.91 Å². The molecular weight excluding hydrogens is 477 g/mol. The molecule has 0 radical (unpaired) electrons. The third-order valence-corrected chi connectivity index (χ3v) is 7.38. The standard InChI is InChI=1S/C25H29F3N4O2S/c1-25(2,30-35-3)23(33)31-10-8-16(9-11-31)15-4-6-18(7-5-15)29-24(34)32-13-17-12-20(26)22(28)21(27)19(17)14-32/h4-7,12,16,30H,8-11,13-14H2,1-3H3,(H,29,34). The molecule has 0 aliphatic carbocycles. The van der Waals surface area contributed by atoms with Gasteiger partial charge in [0.15, 0.2) is 17.5 Å². The number of hydrogen-bond donors (Lipinski definition) is 2. The molecular formula is C25H29F3N4O2S. The van der Waals surface area contributed by atoms with Crippen LogP contribution < -0.4 is 10.0 Å². The van der Waals surface area contributed by atoms with Crippen LogP contribution in [-0.2, 0) is 17.9 Å². The van der Waals surface area contributed by atoms with Crippen LogP contribution in [0, 0.1) is 17.5 Å². The molecule has 188 valence electrons. The maximum Gasteiger partial charge on any atom is 0.322 e. The number of benzene rings is 2. The van der Waals surface area contributed by atoms with Crippen molar-refractivity contribution in [1.29, 1.82) is 0 Å². The highest BCUT2D eigenvalue weighted by molar-refractivity contribution is 7.96. The summed E-state index contributed by atoms with van der Waals surface area (Å²) in [6.07, 6.45) is 3.62. The van der Waals surface area contributed by atoms with Crippen LogP contribution in [0.25, 0.3) is 0 Å². The van der Waals surface area contributed by atoms with Gasteiger partial charge in [0, 0.05) is 30.9 Å². The van der Waals surface area contributed by atoms with Crippen LogP contribution in [0.1, 0.15) is 49.3 Å². The first-order chi connectivity index (χ1) is 16.6. The number of urea groups is 1. The molecule has 6 nitrogen and oxygen atoms in total. The summed E-state index contributed by atoms with van der Waals surface area (Å²) in [7, 11) is 0. The van der Waals surface area contributed by atoms with E-state index in [-0.39, 0.29) is 30.1 Å². The number of nitrogens with zero attached hydrogens (tertiary/aromatic N) is 2. The number of anilines is 1. The molecule has 1 saturated heterocycles. The lowest BCUT2D eigenvalue weighted by molar-refractivity contribution is -0.137. The second-order valence-electron chi connectivity index (χ2n) is 9.53. The van der Waals surface area contributed by atoms with Gasteiger partial charge in [-0.25, -0.2) is 22.7 Å². The van der Waals surface area contributed by atoms with Crippen LogP contribution in [-0.4, -0.2) is 46.6 Å². The Hall–Kier alpha value is -2.72. The molecule has 0 bridgehead atoms. The fraction of sp³-hybridized carbons (Fsp3) is 0.440. The van der Waals surface area contributed by atoms with Crippen LogP contribution in [0.4, 0.5) is 23.7 Å². The second kappa shape index (κ2) is 10.1. The summed E-state index contributed by atoms with van der Waals surface area (Å²) >= 11 is 1.43. The summed E-state index contributed by atoms with van der Waals surface area (Å²) in [4.78, 5) is 28.6. The van der Waals surface area contributed by atoms with Gasteiger partial charge in [-0.1, -0.05) is 24.1 Å². The van der Waals surface area contributed by atoms with Crippen LogP contribution in [0.2, 0.25) is 0 Å². The molecule has 0 aromatic heterocycles. The van der Waals surface area contributed by atoms with Crippen molar-refractivity contribution in [2.45, 2.75) is 51.2 Å². The SMILES string of the molecule is CSNC(C)(C)C(=O)N1CCC(c2ccc(NC(=O)N3Cc4cc(F)c(F)c(F)c4C3)cc2)CC1. The van der Waals surface area contributed by atoms with Crippen molar-refractivity contribution in [1.82, 2.24) is 14.5 Å². The molecule has 2 aromatic carbocycles. The Morgan fingerprint density at radius 2 is 1.66 bits per heavy atom. The zero-order valence-corrected chi connectivity index (χ0v) is 20.8. The summed E-state index contributed by atoms with van der Waals surface area (Å²) in [5.41, 5.74) is 1.37. The van der Waals surface area contributed by atoms with Gasteiger partial charge >= 0.3 is 6.03 Å². The minimum atomic E-state index is -1.52. The van der Waals surface area contributed by atoms with E-state index in [1.165, 1.54) is 16.8 Å². The average Bonchev–Trinajstić information content (AvgIpc) is 3.27. The maximum absolute atomic E-state index is 14.0. The van der Waals surface area contributed by atoms with Crippen molar-refractivity contribution in [3.63, 3.8) is 0 Å². The Morgan fingerprint density at radius 1 is 1.00 bits per heavy atom. The third kappa shape index (κ3) is 5.28. The summed E-state index contributed by atoms with van der Waals surface area (Å²) in [5.74, 6) is -3.60.